The van der Waals surface area contributed by atoms with E-state index in [4.69, 9.17) is 0 Å². The van der Waals surface area contributed by atoms with Crippen molar-refractivity contribution in [3.8, 4) is 5.75 Å². The van der Waals surface area contributed by atoms with Crippen LogP contribution in [0.15, 0.2) is 18.2 Å². The van der Waals surface area contributed by atoms with Crippen LogP contribution >= 0.6 is 0 Å². The van der Waals surface area contributed by atoms with Crippen LogP contribution < -0.4 is 9.50 Å². The molecule has 2 fully saturated rings. The molecule has 0 amide bonds. The molecule has 0 aromatic heterocycles. The molecule has 3 unspecified atom stereocenters. The van der Waals surface area contributed by atoms with E-state index in [0.717, 1.165) is 49.8 Å². The van der Waals surface area contributed by atoms with Crippen molar-refractivity contribution < 1.29 is 25.8 Å². The summed E-state index contributed by atoms with van der Waals surface area (Å²) in [5, 5.41) is 3.58. The maximum absolute atomic E-state index is 12.6. The fraction of sp³-hybridized carbons (Fsp3) is 0.647. The van der Waals surface area contributed by atoms with E-state index >= 15 is 0 Å². The predicted octanol–water partition coefficient (Wildman–Crippen LogP) is 3.26. The topological polar surface area (TPSA) is 55.4 Å². The summed E-state index contributed by atoms with van der Waals surface area (Å²) in [7, 11) is -5.64. The molecule has 25 heavy (non-hydrogen) atoms. The van der Waals surface area contributed by atoms with E-state index in [9.17, 15) is 21.6 Å². The van der Waals surface area contributed by atoms with Gasteiger partial charge < -0.3 is 9.50 Å². The van der Waals surface area contributed by atoms with E-state index in [1.165, 1.54) is 12.5 Å². The van der Waals surface area contributed by atoms with Crippen LogP contribution in [-0.2, 0) is 22.0 Å². The first-order chi connectivity index (χ1) is 11.7. The molecule has 2 bridgehead atoms. The molecule has 0 spiro atoms. The summed E-state index contributed by atoms with van der Waals surface area (Å²) in [6.07, 6.45) is 6.11. The van der Waals surface area contributed by atoms with Crippen molar-refractivity contribution in [3.05, 3.63) is 29.3 Å². The fourth-order valence-electron chi connectivity index (χ4n) is 5.13. The third-order valence-corrected chi connectivity index (χ3v) is 7.09. The summed E-state index contributed by atoms with van der Waals surface area (Å²) in [6.45, 7) is 0.881. The van der Waals surface area contributed by atoms with Crippen LogP contribution in [0.4, 0.5) is 13.2 Å². The Balaban J connectivity index is 1.75. The Morgan fingerprint density at radius 2 is 2.00 bits per heavy atom. The summed E-state index contributed by atoms with van der Waals surface area (Å²) in [5.74, 6) is 0.212. The number of rotatable bonds is 2. The highest BCUT2D eigenvalue weighted by atomic mass is 32.2. The molecule has 3 atom stereocenters. The predicted molar refractivity (Wildman–Crippen MR) is 85.8 cm³/mol. The van der Waals surface area contributed by atoms with Crippen LogP contribution in [-0.4, -0.2) is 26.5 Å². The highest BCUT2D eigenvalue weighted by Crippen LogP contribution is 2.54. The third-order valence-electron chi connectivity index (χ3n) is 6.11. The van der Waals surface area contributed by atoms with Gasteiger partial charge in [0.2, 0.25) is 0 Å². The molecule has 2 aliphatic carbocycles. The van der Waals surface area contributed by atoms with Crippen LogP contribution in [0.1, 0.15) is 43.2 Å². The standard InChI is InChI=1S/C17H20F3NO3S/c18-17(19,20)25(22,23)24-12-5-4-11-9-15-13-3-1-2-6-16(13,7-8-21-15)14(11)10-12/h4-5,10,13,15,21H,1-3,6-9H2. The van der Waals surface area contributed by atoms with Gasteiger partial charge in [-0.3, -0.25) is 0 Å². The van der Waals surface area contributed by atoms with Crippen LogP contribution in [0.5, 0.6) is 5.75 Å². The maximum Gasteiger partial charge on any atom is 0.534 e. The SMILES string of the molecule is O=S(=O)(Oc1ccc2c(c1)C13CCCCC1C(C2)NCC3)C(F)(F)F. The first-order valence-electron chi connectivity index (χ1n) is 8.60. The zero-order chi connectivity index (χ0) is 17.9. The molecule has 8 heteroatoms. The fourth-order valence-corrected chi connectivity index (χ4v) is 5.58. The monoisotopic (exact) mass is 375 g/mol. The molecule has 1 aromatic rings. The van der Waals surface area contributed by atoms with Crippen LogP contribution in [0.25, 0.3) is 0 Å². The first kappa shape index (κ1) is 17.1. The van der Waals surface area contributed by atoms with Gasteiger partial charge in [-0.2, -0.15) is 21.6 Å². The first-order valence-corrected chi connectivity index (χ1v) is 10.0. The van der Waals surface area contributed by atoms with Gasteiger partial charge in [-0.1, -0.05) is 18.9 Å². The van der Waals surface area contributed by atoms with Crippen molar-refractivity contribution in [2.75, 3.05) is 6.54 Å². The van der Waals surface area contributed by atoms with Gasteiger partial charge >= 0.3 is 15.6 Å². The molecule has 1 saturated heterocycles. The minimum atomic E-state index is -5.64. The number of hydrogen-bond donors (Lipinski definition) is 1. The Labute approximate surface area is 144 Å². The summed E-state index contributed by atoms with van der Waals surface area (Å²) in [6, 6.07) is 4.99. The highest BCUT2D eigenvalue weighted by molar-refractivity contribution is 7.88. The van der Waals surface area contributed by atoms with Gasteiger partial charge in [0.15, 0.2) is 0 Å². The number of nitrogens with one attached hydrogen (secondary N) is 1. The van der Waals surface area contributed by atoms with Crippen LogP contribution in [0.2, 0.25) is 0 Å². The van der Waals surface area contributed by atoms with E-state index in [2.05, 4.69) is 9.50 Å². The number of halogens is 3. The zero-order valence-electron chi connectivity index (χ0n) is 13.6. The van der Waals surface area contributed by atoms with Crippen molar-refractivity contribution in [3.63, 3.8) is 0 Å². The molecule has 1 N–H and O–H groups in total. The minimum Gasteiger partial charge on any atom is -0.376 e. The zero-order valence-corrected chi connectivity index (χ0v) is 14.4. The number of fused-ring (bicyclic) bond motifs is 1. The molecule has 3 aliphatic rings. The van der Waals surface area contributed by atoms with Gasteiger partial charge in [0, 0.05) is 11.5 Å². The maximum atomic E-state index is 12.6. The Kier molecular flexibility index (Phi) is 3.85. The van der Waals surface area contributed by atoms with E-state index in [0.29, 0.717) is 12.0 Å². The highest BCUT2D eigenvalue weighted by Gasteiger charge is 2.52. The lowest BCUT2D eigenvalue weighted by atomic mass is 9.53. The van der Waals surface area contributed by atoms with Gasteiger partial charge in [-0.25, -0.2) is 0 Å². The molecule has 4 nitrogen and oxygen atoms in total. The Hall–Kier alpha value is -1.28. The van der Waals surface area contributed by atoms with Crippen LogP contribution in [0, 0.1) is 5.92 Å². The number of benzene rings is 1. The average Bonchev–Trinajstić information content (AvgIpc) is 2.54. The molecule has 1 aromatic carbocycles. The lowest BCUT2D eigenvalue weighted by molar-refractivity contribution is -0.0500. The van der Waals surface area contributed by atoms with Gasteiger partial charge in [0.05, 0.1) is 0 Å². The van der Waals surface area contributed by atoms with E-state index < -0.39 is 15.6 Å². The Bertz CT molecular complexity index is 789. The van der Waals surface area contributed by atoms with Crippen molar-refractivity contribution in [2.45, 2.75) is 55.5 Å². The largest absolute Gasteiger partial charge is 0.534 e. The van der Waals surface area contributed by atoms with Gasteiger partial charge in [-0.05, 0) is 61.4 Å². The second kappa shape index (κ2) is 5.61. The minimum absolute atomic E-state index is 0.0664. The summed E-state index contributed by atoms with van der Waals surface area (Å²) >= 11 is 0. The van der Waals surface area contributed by atoms with Crippen molar-refractivity contribution in [1.29, 1.82) is 0 Å². The molecule has 1 saturated carbocycles. The van der Waals surface area contributed by atoms with Gasteiger partial charge in [-0.15, -0.1) is 0 Å². The molecule has 1 heterocycles. The van der Waals surface area contributed by atoms with E-state index in [1.807, 2.05) is 0 Å². The van der Waals surface area contributed by atoms with Gasteiger partial charge in [0.25, 0.3) is 0 Å². The number of alkyl halides is 3. The smallest absolute Gasteiger partial charge is 0.376 e. The second-order valence-electron chi connectivity index (χ2n) is 7.33. The normalized spacial score (nSPS) is 31.8. The number of piperidine rings is 1. The molecule has 0 radical (unpaired) electrons. The molecular weight excluding hydrogens is 355 g/mol. The quantitative estimate of drug-likeness (QED) is 0.637. The van der Waals surface area contributed by atoms with E-state index in [1.54, 1.807) is 12.1 Å². The Morgan fingerprint density at radius 3 is 2.76 bits per heavy atom. The van der Waals surface area contributed by atoms with Crippen molar-refractivity contribution in [1.82, 2.24) is 5.32 Å². The third kappa shape index (κ3) is 2.65. The second-order valence-corrected chi connectivity index (χ2v) is 8.86. The van der Waals surface area contributed by atoms with Crippen molar-refractivity contribution in [2.24, 2.45) is 5.92 Å². The number of hydrogen-bond acceptors (Lipinski definition) is 4. The summed E-state index contributed by atoms with van der Waals surface area (Å²) in [4.78, 5) is 0. The van der Waals surface area contributed by atoms with Crippen molar-refractivity contribution >= 4 is 10.1 Å². The lowest BCUT2D eigenvalue weighted by Gasteiger charge is -2.56. The summed E-state index contributed by atoms with van der Waals surface area (Å²) in [5.41, 5.74) is -3.41. The van der Waals surface area contributed by atoms with E-state index in [-0.39, 0.29) is 11.2 Å². The molecule has 4 rings (SSSR count). The van der Waals surface area contributed by atoms with Crippen LogP contribution in [0.3, 0.4) is 0 Å². The van der Waals surface area contributed by atoms with Gasteiger partial charge in [0.1, 0.15) is 5.75 Å². The molecule has 138 valence electrons. The lowest BCUT2D eigenvalue weighted by Crippen LogP contribution is -2.59. The average molecular weight is 375 g/mol. The molecular formula is C17H20F3NO3S. The molecule has 1 aliphatic heterocycles. The Morgan fingerprint density at radius 1 is 1.20 bits per heavy atom. The summed E-state index contributed by atoms with van der Waals surface area (Å²) < 4.78 is 64.9.